The molecule has 0 saturated heterocycles. The summed E-state index contributed by atoms with van der Waals surface area (Å²) >= 11 is 0. The highest BCUT2D eigenvalue weighted by Gasteiger charge is 2.23. The van der Waals surface area contributed by atoms with Crippen LogP contribution < -0.4 is 0 Å². The number of allylic oxidation sites excluding steroid dienone is 2. The van der Waals surface area contributed by atoms with Crippen LogP contribution in [0.4, 0.5) is 0 Å². The molecule has 0 bridgehead atoms. The third-order valence-electron chi connectivity index (χ3n) is 12.7. The molecule has 4 heteroatoms. The number of aromatic nitrogens is 2. The van der Waals surface area contributed by atoms with E-state index < -0.39 is 0 Å². The van der Waals surface area contributed by atoms with Gasteiger partial charge in [0.1, 0.15) is 16.7 Å². The smallest absolute Gasteiger partial charge is 0.159 e. The van der Waals surface area contributed by atoms with Gasteiger partial charge in [-0.1, -0.05) is 103 Å². The maximum atomic E-state index is 6.72. The largest absolute Gasteiger partial charge is 0.455 e. The van der Waals surface area contributed by atoms with Crippen LogP contribution in [0, 0.1) is 0 Å². The van der Waals surface area contributed by atoms with E-state index in [0.717, 1.165) is 103 Å². The second-order valence-electron chi connectivity index (χ2n) is 15.8. The van der Waals surface area contributed by atoms with Crippen molar-refractivity contribution in [2.75, 3.05) is 0 Å². The zero-order chi connectivity index (χ0) is 37.9. The summed E-state index contributed by atoms with van der Waals surface area (Å²) in [4.78, 5) is 0. The first-order chi connectivity index (χ1) is 28.8. The van der Waals surface area contributed by atoms with Gasteiger partial charge in [0, 0.05) is 55.0 Å². The van der Waals surface area contributed by atoms with Crippen LogP contribution in [0.1, 0.15) is 35.4 Å². The molecule has 4 nitrogen and oxygen atoms in total. The van der Waals surface area contributed by atoms with E-state index in [1.165, 1.54) is 44.3 Å². The lowest BCUT2D eigenvalue weighted by molar-refractivity contribution is 0.665. The minimum absolute atomic E-state index is 0.883. The van der Waals surface area contributed by atoms with Gasteiger partial charge in [-0.25, -0.2) is 0 Å². The van der Waals surface area contributed by atoms with Crippen LogP contribution in [0.3, 0.4) is 0 Å². The maximum Gasteiger partial charge on any atom is 0.159 e. The third-order valence-corrected chi connectivity index (χ3v) is 12.7. The predicted octanol–water partition coefficient (Wildman–Crippen LogP) is 14.6. The first-order valence-electron chi connectivity index (χ1n) is 20.4. The van der Waals surface area contributed by atoms with Crippen LogP contribution in [-0.4, -0.2) is 9.13 Å². The van der Waals surface area contributed by atoms with Crippen LogP contribution >= 0.6 is 0 Å². The van der Waals surface area contributed by atoms with Gasteiger partial charge >= 0.3 is 0 Å². The van der Waals surface area contributed by atoms with Gasteiger partial charge in [0.25, 0.3) is 0 Å². The van der Waals surface area contributed by atoms with Gasteiger partial charge in [-0.3, -0.25) is 0 Å². The molecule has 13 rings (SSSR count). The third kappa shape index (κ3) is 4.51. The Labute approximate surface area is 334 Å². The fourth-order valence-electron chi connectivity index (χ4n) is 10.1. The van der Waals surface area contributed by atoms with E-state index >= 15 is 0 Å². The van der Waals surface area contributed by atoms with E-state index in [4.69, 9.17) is 8.83 Å². The lowest BCUT2D eigenvalue weighted by atomic mass is 9.99. The van der Waals surface area contributed by atoms with Crippen molar-refractivity contribution in [2.24, 2.45) is 0 Å². The van der Waals surface area contributed by atoms with E-state index in [1.807, 2.05) is 0 Å². The van der Waals surface area contributed by atoms with Crippen LogP contribution in [-0.2, 0) is 12.8 Å². The van der Waals surface area contributed by atoms with Crippen molar-refractivity contribution in [2.45, 2.75) is 25.7 Å². The fraction of sp³-hybridized carbons (Fsp3) is 0.0741. The molecule has 0 radical (unpaired) electrons. The first kappa shape index (κ1) is 31.9. The van der Waals surface area contributed by atoms with Crippen LogP contribution in [0.25, 0.3) is 111 Å². The van der Waals surface area contributed by atoms with Crippen LogP contribution in [0.5, 0.6) is 0 Å². The Morgan fingerprint density at radius 2 is 0.983 bits per heavy atom. The van der Waals surface area contributed by atoms with Gasteiger partial charge < -0.3 is 18.0 Å². The lowest BCUT2D eigenvalue weighted by Crippen LogP contribution is -2.00. The van der Waals surface area contributed by atoms with Crippen molar-refractivity contribution in [1.29, 1.82) is 0 Å². The number of para-hydroxylation sites is 4. The quantitative estimate of drug-likeness (QED) is 0.180. The minimum atomic E-state index is 0.883. The molecule has 0 amide bonds. The number of hydrogen-bond acceptors (Lipinski definition) is 2. The Bertz CT molecular complexity index is 3580. The van der Waals surface area contributed by atoms with Gasteiger partial charge in [0.15, 0.2) is 5.58 Å². The molecule has 58 heavy (non-hydrogen) atoms. The fourth-order valence-corrected chi connectivity index (χ4v) is 10.1. The molecule has 0 saturated carbocycles. The molecule has 0 fully saturated rings. The van der Waals surface area contributed by atoms with Crippen molar-refractivity contribution in [3.8, 4) is 33.6 Å². The Hall–Kier alpha value is -7.30. The van der Waals surface area contributed by atoms with Gasteiger partial charge in [-0.05, 0) is 120 Å². The van der Waals surface area contributed by atoms with Crippen molar-refractivity contribution in [3.63, 3.8) is 0 Å². The second kappa shape index (κ2) is 12.1. The van der Waals surface area contributed by atoms with Crippen molar-refractivity contribution in [1.82, 2.24) is 9.13 Å². The molecule has 0 unspecified atom stereocenters. The van der Waals surface area contributed by atoms with Crippen molar-refractivity contribution < 1.29 is 8.83 Å². The molecule has 7 aromatic carbocycles. The zero-order valence-corrected chi connectivity index (χ0v) is 31.7. The summed E-state index contributed by atoms with van der Waals surface area (Å²) in [5.41, 5.74) is 18.2. The van der Waals surface area contributed by atoms with E-state index in [2.05, 4.69) is 179 Å². The zero-order valence-electron chi connectivity index (χ0n) is 31.7. The average molecular weight is 745 g/mol. The number of benzene rings is 7. The number of nitrogens with zero attached hydrogens (tertiary/aromatic N) is 2. The number of aryl methyl sites for hydroxylation is 2. The summed E-state index contributed by atoms with van der Waals surface area (Å²) < 4.78 is 18.2. The van der Waals surface area contributed by atoms with Gasteiger partial charge in [-0.2, -0.15) is 0 Å². The van der Waals surface area contributed by atoms with Crippen LogP contribution in [0.15, 0.2) is 167 Å². The summed E-state index contributed by atoms with van der Waals surface area (Å²) in [5, 5.41) is 7.11. The van der Waals surface area contributed by atoms with Gasteiger partial charge in [-0.15, -0.1) is 0 Å². The van der Waals surface area contributed by atoms with Crippen molar-refractivity contribution >= 4 is 77.8 Å². The number of furan rings is 2. The molecular weight excluding hydrogens is 709 g/mol. The Kier molecular flexibility index (Phi) is 6.65. The van der Waals surface area contributed by atoms with Gasteiger partial charge in [0.05, 0.1) is 16.7 Å². The Morgan fingerprint density at radius 3 is 1.69 bits per heavy atom. The number of fused-ring (bicyclic) bond motifs is 12. The Balaban J connectivity index is 0.917. The molecule has 0 aliphatic heterocycles. The monoisotopic (exact) mass is 744 g/mol. The summed E-state index contributed by atoms with van der Waals surface area (Å²) in [5.74, 6) is 0. The van der Waals surface area contributed by atoms with Gasteiger partial charge in [0.2, 0.25) is 0 Å². The summed E-state index contributed by atoms with van der Waals surface area (Å²) in [6.45, 7) is 0. The number of rotatable bonds is 4. The standard InChI is InChI=1S/C54H36N2O2/c1-5-21-46-38(14-1)39-15-2-6-22-47(39)55(46)36-13-9-12-35(30-36)37-18-10-19-42-44-31-33(26-28-51(44)57-53(37)42)34-27-29-52-45(32-34)43-20-11-25-50(54(43)58-52)56-48-23-7-3-16-40(48)41-17-4-8-24-49(41)56/h1,3,5-14,16,18-32H,2,4,15,17H2. The molecule has 11 aromatic rings. The minimum Gasteiger partial charge on any atom is -0.455 e. The molecular formula is C54H36N2O2. The molecule has 0 spiro atoms. The highest BCUT2D eigenvalue weighted by atomic mass is 16.3. The van der Waals surface area contributed by atoms with E-state index in [0.29, 0.717) is 0 Å². The Morgan fingerprint density at radius 1 is 0.414 bits per heavy atom. The van der Waals surface area contributed by atoms with E-state index in [1.54, 1.807) is 0 Å². The molecule has 4 heterocycles. The highest BCUT2D eigenvalue weighted by Crippen LogP contribution is 2.42. The van der Waals surface area contributed by atoms with Crippen LogP contribution in [0.2, 0.25) is 0 Å². The van der Waals surface area contributed by atoms with Crippen molar-refractivity contribution in [3.05, 3.63) is 180 Å². The molecule has 0 atom stereocenters. The topological polar surface area (TPSA) is 36.1 Å². The van der Waals surface area contributed by atoms with E-state index in [9.17, 15) is 0 Å². The average Bonchev–Trinajstić information content (AvgIpc) is 4.04. The summed E-state index contributed by atoms with van der Waals surface area (Å²) in [6, 6.07) is 52.7. The summed E-state index contributed by atoms with van der Waals surface area (Å²) in [7, 11) is 0. The maximum absolute atomic E-state index is 6.72. The lowest BCUT2D eigenvalue weighted by Gasteiger charge is -2.13. The highest BCUT2D eigenvalue weighted by molar-refractivity contribution is 6.12. The predicted molar refractivity (Wildman–Crippen MR) is 240 cm³/mol. The molecule has 4 aromatic heterocycles. The second-order valence-corrected chi connectivity index (χ2v) is 15.8. The molecule has 0 N–H and O–H groups in total. The van der Waals surface area contributed by atoms with E-state index in [-0.39, 0.29) is 0 Å². The summed E-state index contributed by atoms with van der Waals surface area (Å²) in [6.07, 6.45) is 13.4. The first-order valence-corrected chi connectivity index (χ1v) is 20.4. The SMILES string of the molecule is C1=Cc2c(c3ccccc3n2-c2cccc(-c3cccc4c3oc3ccc(-c5ccc6oc7c(-n8c9c(c%10ccccc%108)CCC=C9)cccc7c6c5)cc34)c2)CC1. The number of hydrogen-bond donors (Lipinski definition) is 0. The molecule has 2 aliphatic carbocycles. The molecule has 2 aliphatic rings. The molecule has 274 valence electrons. The normalized spacial score (nSPS) is 13.8.